The molecule has 0 amide bonds. The molecule has 18 heavy (non-hydrogen) atoms. The van der Waals surface area contributed by atoms with Gasteiger partial charge in [0, 0.05) is 23.5 Å². The van der Waals surface area contributed by atoms with E-state index in [2.05, 4.69) is 4.98 Å². The molecule has 1 heterocycles. The van der Waals surface area contributed by atoms with Crippen molar-refractivity contribution in [1.82, 2.24) is 4.98 Å². The Morgan fingerprint density at radius 3 is 2.33 bits per heavy atom. The minimum Gasteiger partial charge on any atom is -0.294 e. The lowest BCUT2D eigenvalue weighted by molar-refractivity contribution is 0.0894. The molecule has 1 aromatic heterocycles. The van der Waals surface area contributed by atoms with Crippen LogP contribution in [0.5, 0.6) is 0 Å². The van der Waals surface area contributed by atoms with E-state index in [0.29, 0.717) is 5.56 Å². The molecule has 0 aliphatic carbocycles. The number of rotatable bonds is 4. The number of carbonyl (C=O) groups excluding carboxylic acids is 2. The Kier molecular flexibility index (Phi) is 3.57. The lowest BCUT2D eigenvalue weighted by Crippen LogP contribution is -2.08. The average molecular weight is 243 g/mol. The molecule has 0 unspecified atom stereocenters. The van der Waals surface area contributed by atoms with Gasteiger partial charge in [0.15, 0.2) is 11.6 Å². The topological polar surface area (TPSA) is 47.0 Å². The van der Waals surface area contributed by atoms with Crippen molar-refractivity contribution in [2.24, 2.45) is 0 Å². The highest BCUT2D eigenvalue weighted by molar-refractivity contribution is 6.13. The van der Waals surface area contributed by atoms with Gasteiger partial charge in [-0.2, -0.15) is 0 Å². The lowest BCUT2D eigenvalue weighted by Gasteiger charge is -2.01. The average Bonchev–Trinajstić information content (AvgIpc) is 2.39. The first kappa shape index (κ1) is 12.1. The highest BCUT2D eigenvalue weighted by Crippen LogP contribution is 2.09. The van der Waals surface area contributed by atoms with Crippen molar-refractivity contribution in [3.63, 3.8) is 0 Å². The molecule has 2 rings (SSSR count). The molecule has 0 saturated heterocycles. The smallest absolute Gasteiger partial charge is 0.170 e. The fraction of sp³-hybridized carbons (Fsp3) is 0.0714. The van der Waals surface area contributed by atoms with Gasteiger partial charge in [-0.1, -0.05) is 12.1 Å². The Morgan fingerprint density at radius 1 is 1.00 bits per heavy atom. The zero-order chi connectivity index (χ0) is 13.0. The first-order valence-electron chi connectivity index (χ1n) is 5.39. The highest BCUT2D eigenvalue weighted by Gasteiger charge is 2.13. The molecule has 0 atom stereocenters. The van der Waals surface area contributed by atoms with Crippen LogP contribution in [0.2, 0.25) is 0 Å². The minimum atomic E-state index is -0.489. The number of hydrogen-bond acceptors (Lipinski definition) is 3. The summed E-state index contributed by atoms with van der Waals surface area (Å²) >= 11 is 0. The number of carbonyl (C=O) groups is 2. The van der Waals surface area contributed by atoms with Crippen LogP contribution in [-0.2, 0) is 0 Å². The molecule has 0 spiro atoms. The normalized spacial score (nSPS) is 10.1. The van der Waals surface area contributed by atoms with Crippen LogP contribution < -0.4 is 0 Å². The van der Waals surface area contributed by atoms with Crippen molar-refractivity contribution in [3.8, 4) is 0 Å². The number of hydrogen-bond donors (Lipinski definition) is 0. The molecule has 90 valence electrons. The Labute approximate surface area is 103 Å². The van der Waals surface area contributed by atoms with Gasteiger partial charge in [-0.05, 0) is 24.3 Å². The summed E-state index contributed by atoms with van der Waals surface area (Å²) in [4.78, 5) is 27.3. The van der Waals surface area contributed by atoms with E-state index < -0.39 is 11.6 Å². The van der Waals surface area contributed by atoms with E-state index in [4.69, 9.17) is 0 Å². The fourth-order valence-electron chi connectivity index (χ4n) is 1.55. The van der Waals surface area contributed by atoms with Crippen LogP contribution in [0.4, 0.5) is 4.39 Å². The van der Waals surface area contributed by atoms with E-state index >= 15 is 0 Å². The second kappa shape index (κ2) is 5.31. The van der Waals surface area contributed by atoms with Crippen LogP contribution in [0, 0.1) is 5.82 Å². The van der Waals surface area contributed by atoms with Crippen LogP contribution in [0.25, 0.3) is 0 Å². The highest BCUT2D eigenvalue weighted by atomic mass is 19.1. The number of nitrogens with zero attached hydrogens (tertiary/aromatic N) is 1. The Morgan fingerprint density at radius 2 is 1.67 bits per heavy atom. The number of halogens is 1. The van der Waals surface area contributed by atoms with Gasteiger partial charge < -0.3 is 0 Å². The number of benzene rings is 1. The number of pyridine rings is 1. The maximum atomic E-state index is 12.9. The largest absolute Gasteiger partial charge is 0.294 e. The minimum absolute atomic E-state index is 0.206. The second-order valence-electron chi connectivity index (χ2n) is 3.77. The van der Waals surface area contributed by atoms with Crippen LogP contribution in [0.3, 0.4) is 0 Å². The fourth-order valence-corrected chi connectivity index (χ4v) is 1.55. The Hall–Kier alpha value is -2.36. The van der Waals surface area contributed by atoms with Crippen molar-refractivity contribution < 1.29 is 14.0 Å². The first-order valence-corrected chi connectivity index (χ1v) is 5.39. The number of ketones is 2. The summed E-state index contributed by atoms with van der Waals surface area (Å²) in [6.07, 6.45) is 2.70. The lowest BCUT2D eigenvalue weighted by atomic mass is 10.0. The second-order valence-corrected chi connectivity index (χ2v) is 3.77. The van der Waals surface area contributed by atoms with Crippen molar-refractivity contribution in [2.75, 3.05) is 0 Å². The van der Waals surface area contributed by atoms with Crippen LogP contribution >= 0.6 is 0 Å². The Bertz CT molecular complexity index is 581. The Balaban J connectivity index is 2.11. The molecule has 0 N–H and O–H groups in total. The van der Waals surface area contributed by atoms with Crippen molar-refractivity contribution in [3.05, 3.63) is 65.7 Å². The van der Waals surface area contributed by atoms with Crippen molar-refractivity contribution in [2.45, 2.75) is 6.42 Å². The zero-order valence-corrected chi connectivity index (χ0v) is 9.47. The molecular weight excluding hydrogens is 233 g/mol. The van der Waals surface area contributed by atoms with E-state index in [0.717, 1.165) is 6.07 Å². The third-order valence-corrected chi connectivity index (χ3v) is 2.47. The van der Waals surface area contributed by atoms with Gasteiger partial charge in [-0.3, -0.25) is 14.6 Å². The molecule has 0 fully saturated rings. The predicted molar refractivity (Wildman–Crippen MR) is 63.9 cm³/mol. The summed E-state index contributed by atoms with van der Waals surface area (Å²) in [5.74, 6) is -1.18. The third kappa shape index (κ3) is 2.85. The molecule has 0 bridgehead atoms. The van der Waals surface area contributed by atoms with Gasteiger partial charge >= 0.3 is 0 Å². The van der Waals surface area contributed by atoms with E-state index in [1.54, 1.807) is 12.1 Å². The summed E-state index contributed by atoms with van der Waals surface area (Å²) in [6, 6.07) is 8.40. The van der Waals surface area contributed by atoms with Gasteiger partial charge in [-0.15, -0.1) is 0 Å². The molecule has 0 aliphatic heterocycles. The summed E-state index contributed by atoms with van der Waals surface area (Å²) in [7, 11) is 0. The quantitative estimate of drug-likeness (QED) is 0.612. The summed E-state index contributed by atoms with van der Waals surface area (Å²) < 4.78 is 12.9. The SMILES string of the molecule is O=C(CC(=O)c1cccc(F)c1)c1ccncc1. The molecule has 2 aromatic rings. The maximum absolute atomic E-state index is 12.9. The molecule has 0 saturated carbocycles. The third-order valence-electron chi connectivity index (χ3n) is 2.47. The standard InChI is InChI=1S/C14H10FNO2/c15-12-3-1-2-11(8-12)14(18)9-13(17)10-4-6-16-7-5-10/h1-8H,9H2. The summed E-state index contributed by atoms with van der Waals surface area (Å²) in [5.41, 5.74) is 0.632. The molecule has 0 radical (unpaired) electrons. The maximum Gasteiger partial charge on any atom is 0.170 e. The van der Waals surface area contributed by atoms with Gasteiger partial charge in [0.1, 0.15) is 5.82 Å². The summed E-state index contributed by atoms with van der Waals surface area (Å²) in [5, 5.41) is 0. The van der Waals surface area contributed by atoms with Crippen LogP contribution in [-0.4, -0.2) is 16.6 Å². The molecular formula is C14H10FNO2. The van der Waals surface area contributed by atoms with Gasteiger partial charge in [-0.25, -0.2) is 4.39 Å². The van der Waals surface area contributed by atoms with E-state index in [-0.39, 0.29) is 17.8 Å². The van der Waals surface area contributed by atoms with Crippen molar-refractivity contribution in [1.29, 1.82) is 0 Å². The predicted octanol–water partition coefficient (Wildman–Crippen LogP) is 2.68. The van der Waals surface area contributed by atoms with Crippen LogP contribution in [0.1, 0.15) is 27.1 Å². The number of Topliss-reactive ketones (excluding diaryl/α,β-unsaturated/α-hetero) is 2. The van der Waals surface area contributed by atoms with E-state index in [1.165, 1.54) is 30.6 Å². The van der Waals surface area contributed by atoms with E-state index in [1.807, 2.05) is 0 Å². The van der Waals surface area contributed by atoms with Gasteiger partial charge in [0.05, 0.1) is 6.42 Å². The monoisotopic (exact) mass is 243 g/mol. The molecule has 4 heteroatoms. The molecule has 1 aromatic carbocycles. The zero-order valence-electron chi connectivity index (χ0n) is 9.47. The van der Waals surface area contributed by atoms with E-state index in [9.17, 15) is 14.0 Å². The van der Waals surface area contributed by atoms with Crippen molar-refractivity contribution >= 4 is 11.6 Å². The first-order chi connectivity index (χ1) is 8.66. The number of aromatic nitrogens is 1. The van der Waals surface area contributed by atoms with Gasteiger partial charge in [0.25, 0.3) is 0 Å². The molecule has 0 aliphatic rings. The van der Waals surface area contributed by atoms with Gasteiger partial charge in [0.2, 0.25) is 0 Å². The van der Waals surface area contributed by atoms with Crippen LogP contribution in [0.15, 0.2) is 48.8 Å². The summed E-state index contributed by atoms with van der Waals surface area (Å²) in [6.45, 7) is 0. The molecule has 3 nitrogen and oxygen atoms in total.